The number of sulfone groups is 1. The summed E-state index contributed by atoms with van der Waals surface area (Å²) >= 11 is 1.20. The van der Waals surface area contributed by atoms with Crippen LogP contribution in [0.1, 0.15) is 23.2 Å². The summed E-state index contributed by atoms with van der Waals surface area (Å²) in [4.78, 5) is 13.7. The number of halogens is 1. The van der Waals surface area contributed by atoms with E-state index in [0.29, 0.717) is 12.8 Å². The predicted molar refractivity (Wildman–Crippen MR) is 96.1 cm³/mol. The standard InChI is InChI=1S/C18H18FNO3S2/c19-16-8-4-7-15(17(16)24-14-5-2-1-3-6-14)18(21)20-13-9-11-25(22,23)12-10-13/h1-8,13H,9-12H2,(H,20,21). The summed E-state index contributed by atoms with van der Waals surface area (Å²) in [5.74, 6) is -0.672. The molecule has 0 unspecified atom stereocenters. The van der Waals surface area contributed by atoms with Gasteiger partial charge in [0, 0.05) is 10.9 Å². The molecule has 7 heteroatoms. The van der Waals surface area contributed by atoms with Crippen molar-refractivity contribution in [1.29, 1.82) is 0 Å². The van der Waals surface area contributed by atoms with Crippen LogP contribution in [0.5, 0.6) is 0 Å². The molecule has 25 heavy (non-hydrogen) atoms. The van der Waals surface area contributed by atoms with Gasteiger partial charge in [-0.1, -0.05) is 36.0 Å². The average molecular weight is 379 g/mol. The second kappa shape index (κ2) is 7.58. The Balaban J connectivity index is 1.77. The van der Waals surface area contributed by atoms with E-state index in [1.807, 2.05) is 30.3 Å². The minimum Gasteiger partial charge on any atom is -0.349 e. The smallest absolute Gasteiger partial charge is 0.252 e. The largest absolute Gasteiger partial charge is 0.349 e. The lowest BCUT2D eigenvalue weighted by Crippen LogP contribution is -2.41. The van der Waals surface area contributed by atoms with Gasteiger partial charge in [-0.25, -0.2) is 12.8 Å². The van der Waals surface area contributed by atoms with E-state index in [9.17, 15) is 17.6 Å². The molecule has 1 aliphatic rings. The van der Waals surface area contributed by atoms with E-state index in [0.717, 1.165) is 4.90 Å². The molecule has 2 aromatic carbocycles. The summed E-state index contributed by atoms with van der Waals surface area (Å²) in [7, 11) is -2.99. The lowest BCUT2D eigenvalue weighted by molar-refractivity contribution is 0.0930. The minimum atomic E-state index is -2.99. The van der Waals surface area contributed by atoms with Crippen molar-refractivity contribution in [2.45, 2.75) is 28.7 Å². The van der Waals surface area contributed by atoms with Crippen LogP contribution in [0.2, 0.25) is 0 Å². The number of carbonyl (C=O) groups is 1. The fraction of sp³-hybridized carbons (Fsp3) is 0.278. The highest BCUT2D eigenvalue weighted by Crippen LogP contribution is 2.32. The molecule has 3 rings (SSSR count). The molecule has 0 aliphatic carbocycles. The lowest BCUT2D eigenvalue weighted by atomic mass is 10.1. The van der Waals surface area contributed by atoms with Crippen LogP contribution in [-0.2, 0) is 9.84 Å². The second-order valence-corrected chi connectivity index (χ2v) is 9.32. The summed E-state index contributed by atoms with van der Waals surface area (Å²) in [6.45, 7) is 0. The summed E-state index contributed by atoms with van der Waals surface area (Å²) in [6, 6.07) is 13.5. The Bertz CT molecular complexity index is 855. The van der Waals surface area contributed by atoms with Crippen LogP contribution in [-0.4, -0.2) is 31.9 Å². The van der Waals surface area contributed by atoms with E-state index in [1.54, 1.807) is 6.07 Å². The van der Waals surface area contributed by atoms with Crippen molar-refractivity contribution in [3.63, 3.8) is 0 Å². The zero-order valence-electron chi connectivity index (χ0n) is 13.4. The van der Waals surface area contributed by atoms with Gasteiger partial charge in [-0.15, -0.1) is 0 Å². The zero-order chi connectivity index (χ0) is 17.9. The highest BCUT2D eigenvalue weighted by Gasteiger charge is 2.26. The molecule has 4 nitrogen and oxygen atoms in total. The maximum absolute atomic E-state index is 14.3. The van der Waals surface area contributed by atoms with Crippen molar-refractivity contribution >= 4 is 27.5 Å². The Labute approximate surface area is 150 Å². The van der Waals surface area contributed by atoms with Gasteiger partial charge in [-0.2, -0.15) is 0 Å². The van der Waals surface area contributed by atoms with Crippen LogP contribution in [0.15, 0.2) is 58.3 Å². The molecular formula is C18H18FNO3S2. The Morgan fingerprint density at radius 2 is 1.72 bits per heavy atom. The van der Waals surface area contributed by atoms with Crippen molar-refractivity contribution in [2.75, 3.05) is 11.5 Å². The SMILES string of the molecule is O=C(NC1CCS(=O)(=O)CC1)c1cccc(F)c1Sc1ccccc1. The molecule has 0 aromatic heterocycles. The molecule has 1 heterocycles. The number of benzene rings is 2. The summed E-state index contributed by atoms with van der Waals surface area (Å²) in [6.07, 6.45) is 0.787. The third kappa shape index (κ3) is 4.61. The van der Waals surface area contributed by atoms with Gasteiger partial charge in [0.1, 0.15) is 15.7 Å². The fourth-order valence-electron chi connectivity index (χ4n) is 2.70. The summed E-state index contributed by atoms with van der Waals surface area (Å²) in [5.41, 5.74) is 0.266. The van der Waals surface area contributed by atoms with Crippen LogP contribution in [0, 0.1) is 5.82 Å². The molecule has 0 saturated carbocycles. The van der Waals surface area contributed by atoms with Crippen LogP contribution in [0.3, 0.4) is 0 Å². The molecule has 132 valence electrons. The number of carbonyl (C=O) groups excluding carboxylic acids is 1. The minimum absolute atomic E-state index is 0.0761. The third-order valence-corrected chi connectivity index (χ3v) is 6.91. The summed E-state index contributed by atoms with van der Waals surface area (Å²) < 4.78 is 37.3. The topological polar surface area (TPSA) is 63.2 Å². The molecule has 0 atom stereocenters. The van der Waals surface area contributed by atoms with Crippen molar-refractivity contribution in [2.24, 2.45) is 0 Å². The molecule has 1 N–H and O–H groups in total. The van der Waals surface area contributed by atoms with Crippen LogP contribution in [0.4, 0.5) is 4.39 Å². The Kier molecular flexibility index (Phi) is 5.44. The molecular weight excluding hydrogens is 361 g/mol. The Hall–Kier alpha value is -1.86. The fourth-order valence-corrected chi connectivity index (χ4v) is 5.15. The lowest BCUT2D eigenvalue weighted by Gasteiger charge is -2.23. The highest BCUT2D eigenvalue weighted by atomic mass is 32.2. The van der Waals surface area contributed by atoms with Gasteiger partial charge in [0.05, 0.1) is 22.0 Å². The Morgan fingerprint density at radius 1 is 1.04 bits per heavy atom. The molecule has 1 saturated heterocycles. The van der Waals surface area contributed by atoms with Crippen molar-refractivity contribution < 1.29 is 17.6 Å². The van der Waals surface area contributed by atoms with Gasteiger partial charge < -0.3 is 5.32 Å². The van der Waals surface area contributed by atoms with Crippen molar-refractivity contribution in [3.05, 3.63) is 59.9 Å². The number of hydrogen-bond acceptors (Lipinski definition) is 4. The molecule has 1 fully saturated rings. The van der Waals surface area contributed by atoms with Crippen LogP contribution in [0.25, 0.3) is 0 Å². The number of hydrogen-bond donors (Lipinski definition) is 1. The van der Waals surface area contributed by atoms with Gasteiger partial charge in [0.2, 0.25) is 0 Å². The first-order valence-corrected chi connectivity index (χ1v) is 10.6. The zero-order valence-corrected chi connectivity index (χ0v) is 15.1. The third-order valence-electron chi connectivity index (χ3n) is 4.06. The van der Waals surface area contributed by atoms with Crippen molar-refractivity contribution in [1.82, 2.24) is 5.32 Å². The van der Waals surface area contributed by atoms with Gasteiger partial charge in [0.15, 0.2) is 0 Å². The van der Waals surface area contributed by atoms with Crippen molar-refractivity contribution in [3.8, 4) is 0 Å². The van der Waals surface area contributed by atoms with E-state index in [2.05, 4.69) is 5.32 Å². The van der Waals surface area contributed by atoms with Gasteiger partial charge in [-0.05, 0) is 37.1 Å². The predicted octanol–water partition coefficient (Wildman–Crippen LogP) is 3.28. The number of rotatable bonds is 4. The maximum Gasteiger partial charge on any atom is 0.252 e. The van der Waals surface area contributed by atoms with E-state index < -0.39 is 15.7 Å². The first-order chi connectivity index (χ1) is 11.9. The van der Waals surface area contributed by atoms with E-state index in [4.69, 9.17) is 0 Å². The molecule has 0 radical (unpaired) electrons. The number of amides is 1. The van der Waals surface area contributed by atoms with E-state index >= 15 is 0 Å². The molecule has 2 aromatic rings. The normalized spacial score (nSPS) is 17.2. The first kappa shape index (κ1) is 17.9. The summed E-state index contributed by atoms with van der Waals surface area (Å²) in [5, 5.41) is 2.84. The molecule has 0 bridgehead atoms. The molecule has 1 amide bonds. The Morgan fingerprint density at radius 3 is 2.40 bits per heavy atom. The second-order valence-electron chi connectivity index (χ2n) is 5.93. The first-order valence-electron chi connectivity index (χ1n) is 7.97. The van der Waals surface area contributed by atoms with Crippen LogP contribution >= 0.6 is 11.8 Å². The molecule has 0 spiro atoms. The van der Waals surface area contributed by atoms with Crippen LogP contribution < -0.4 is 5.32 Å². The maximum atomic E-state index is 14.3. The number of nitrogens with one attached hydrogen (secondary N) is 1. The average Bonchev–Trinajstić information content (AvgIpc) is 2.59. The molecule has 1 aliphatic heterocycles. The van der Waals surface area contributed by atoms with Gasteiger partial charge in [-0.3, -0.25) is 4.79 Å². The van der Waals surface area contributed by atoms with E-state index in [-0.39, 0.29) is 33.9 Å². The van der Waals surface area contributed by atoms with Gasteiger partial charge >= 0.3 is 0 Å². The van der Waals surface area contributed by atoms with E-state index in [1.165, 1.54) is 23.9 Å². The monoisotopic (exact) mass is 379 g/mol. The van der Waals surface area contributed by atoms with Gasteiger partial charge in [0.25, 0.3) is 5.91 Å². The quantitative estimate of drug-likeness (QED) is 0.885. The highest BCUT2D eigenvalue weighted by molar-refractivity contribution is 7.99.